The van der Waals surface area contributed by atoms with Crippen LogP contribution in [-0.2, 0) is 5.11 Å². The maximum absolute atomic E-state index is 9.39. The van der Waals surface area contributed by atoms with Crippen LogP contribution < -0.4 is 0 Å². The predicted octanol–water partition coefficient (Wildman–Crippen LogP) is 0.440. The Hall–Kier alpha value is -0.480. The third kappa shape index (κ3) is 3.52. The lowest BCUT2D eigenvalue weighted by Crippen LogP contribution is -1.69. The molecule has 0 N–H and O–H groups in total. The molecule has 0 heterocycles. The van der Waals surface area contributed by atoms with Crippen LogP contribution in [-0.4, -0.2) is 6.61 Å². The summed E-state index contributed by atoms with van der Waals surface area (Å²) in [4.78, 5) is 0. The first kappa shape index (κ1) is 4.52. The zero-order valence-electron chi connectivity index (χ0n) is 2.90. The van der Waals surface area contributed by atoms with Crippen LogP contribution >= 0.6 is 0 Å². The summed E-state index contributed by atoms with van der Waals surface area (Å²) in [5.41, 5.74) is 0. The van der Waals surface area contributed by atoms with E-state index in [0.717, 1.165) is 0 Å². The van der Waals surface area contributed by atoms with Gasteiger partial charge in [-0.15, -0.1) is 12.3 Å². The van der Waals surface area contributed by atoms with Gasteiger partial charge >= 0.3 is 0 Å². The highest BCUT2D eigenvalue weighted by Crippen LogP contribution is 1.64. The van der Waals surface area contributed by atoms with Crippen LogP contribution in [0.15, 0.2) is 0 Å². The number of terminal acetylenes is 1. The monoisotopic (exact) mass is 69.0 g/mol. The molecule has 0 fully saturated rings. The van der Waals surface area contributed by atoms with Gasteiger partial charge in [0, 0.05) is 6.42 Å². The molecule has 0 aromatic rings. The van der Waals surface area contributed by atoms with Crippen LogP contribution in [0.4, 0.5) is 0 Å². The molecule has 0 aliphatic rings. The van der Waals surface area contributed by atoms with Gasteiger partial charge in [-0.05, 0) is 0 Å². The average Bonchev–Trinajstić information content (AvgIpc) is 1.41. The Labute approximate surface area is 31.6 Å². The molecule has 0 saturated carbocycles. The Kier molecular flexibility index (Phi) is 3.18. The van der Waals surface area contributed by atoms with E-state index >= 15 is 0 Å². The fourth-order valence-corrected chi connectivity index (χ4v) is 0.0589. The van der Waals surface area contributed by atoms with E-state index in [2.05, 4.69) is 12.3 Å². The number of hydrogen-bond acceptors (Lipinski definition) is 0. The van der Waals surface area contributed by atoms with Crippen molar-refractivity contribution in [3.63, 3.8) is 0 Å². The van der Waals surface area contributed by atoms with Crippen LogP contribution in [0.1, 0.15) is 6.42 Å². The van der Waals surface area contributed by atoms with Gasteiger partial charge < -0.3 is 0 Å². The summed E-state index contributed by atoms with van der Waals surface area (Å²) in [6.45, 7) is -0.142. The van der Waals surface area contributed by atoms with Crippen LogP contribution in [0, 0.1) is 12.3 Å². The van der Waals surface area contributed by atoms with E-state index in [4.69, 9.17) is 0 Å². The molecule has 0 aliphatic heterocycles. The van der Waals surface area contributed by atoms with Crippen molar-refractivity contribution in [3.8, 4) is 12.3 Å². The molecule has 1 heteroatoms. The second kappa shape index (κ2) is 3.52. The predicted molar refractivity (Wildman–Crippen MR) is 19.0 cm³/mol. The van der Waals surface area contributed by atoms with Crippen molar-refractivity contribution in [1.29, 1.82) is 0 Å². The normalized spacial score (nSPS) is 6.40. The minimum Gasteiger partial charge on any atom is -0.236 e. The topological polar surface area (TPSA) is 19.9 Å². The van der Waals surface area contributed by atoms with E-state index in [1.54, 1.807) is 0 Å². The van der Waals surface area contributed by atoms with Gasteiger partial charge in [0.2, 0.25) is 0 Å². The molecule has 0 aromatic carbocycles. The Bertz CT molecular complexity index is 42.1. The first-order valence-electron chi connectivity index (χ1n) is 1.43. The Morgan fingerprint density at radius 2 is 2.40 bits per heavy atom. The lowest BCUT2D eigenvalue weighted by atomic mass is 10.5. The second-order valence-corrected chi connectivity index (χ2v) is 0.658. The summed E-state index contributed by atoms with van der Waals surface area (Å²) in [5.74, 6) is 2.20. The van der Waals surface area contributed by atoms with Crippen LogP contribution in [0.5, 0.6) is 0 Å². The Morgan fingerprint density at radius 3 is 2.40 bits per heavy atom. The van der Waals surface area contributed by atoms with Gasteiger partial charge in [0.15, 0.2) is 0 Å². The van der Waals surface area contributed by atoms with Crippen molar-refractivity contribution < 1.29 is 5.11 Å². The maximum Gasteiger partial charge on any atom is 0.0931 e. The van der Waals surface area contributed by atoms with Gasteiger partial charge in [-0.3, -0.25) is 0 Å². The molecule has 0 unspecified atom stereocenters. The standard InChI is InChI=1S/C4H5O/c1-2-3-4-5/h1H,3-4H2. The molecule has 0 atom stereocenters. The first-order valence-corrected chi connectivity index (χ1v) is 1.43. The lowest BCUT2D eigenvalue weighted by Gasteiger charge is -1.66. The smallest absolute Gasteiger partial charge is 0.0931 e. The van der Waals surface area contributed by atoms with Crippen molar-refractivity contribution in [1.82, 2.24) is 0 Å². The van der Waals surface area contributed by atoms with Crippen molar-refractivity contribution in [2.75, 3.05) is 6.61 Å². The van der Waals surface area contributed by atoms with Crippen molar-refractivity contribution >= 4 is 0 Å². The average molecular weight is 69.1 g/mol. The van der Waals surface area contributed by atoms with E-state index in [9.17, 15) is 5.11 Å². The second-order valence-electron chi connectivity index (χ2n) is 0.658. The molecule has 0 aromatic heterocycles. The zero-order chi connectivity index (χ0) is 4.12. The van der Waals surface area contributed by atoms with Gasteiger partial charge in [0.25, 0.3) is 0 Å². The van der Waals surface area contributed by atoms with Crippen molar-refractivity contribution in [2.45, 2.75) is 6.42 Å². The SMILES string of the molecule is C#CCC[O]. The molecule has 5 heavy (non-hydrogen) atoms. The number of hydrogen-bond donors (Lipinski definition) is 0. The van der Waals surface area contributed by atoms with E-state index in [1.807, 2.05) is 0 Å². The summed E-state index contributed by atoms with van der Waals surface area (Å²) < 4.78 is 0. The molecule has 0 spiro atoms. The molecule has 0 amide bonds. The van der Waals surface area contributed by atoms with Crippen molar-refractivity contribution in [3.05, 3.63) is 0 Å². The minimum atomic E-state index is -0.142. The van der Waals surface area contributed by atoms with Crippen molar-refractivity contribution in [2.24, 2.45) is 0 Å². The summed E-state index contributed by atoms with van der Waals surface area (Å²) >= 11 is 0. The number of rotatable bonds is 1. The van der Waals surface area contributed by atoms with Crippen LogP contribution in [0.25, 0.3) is 0 Å². The molecule has 1 radical (unpaired) electrons. The molecule has 0 saturated heterocycles. The summed E-state index contributed by atoms with van der Waals surface area (Å²) in [7, 11) is 0. The fourth-order valence-electron chi connectivity index (χ4n) is 0.0589. The lowest BCUT2D eigenvalue weighted by molar-refractivity contribution is 0.201. The third-order valence-corrected chi connectivity index (χ3v) is 0.246. The molecule has 0 bridgehead atoms. The highest BCUT2D eigenvalue weighted by molar-refractivity contribution is 4.82. The molecular weight excluding hydrogens is 64.0 g/mol. The Balaban J connectivity index is 2.48. The van der Waals surface area contributed by atoms with Gasteiger partial charge in [0.1, 0.15) is 0 Å². The third-order valence-electron chi connectivity index (χ3n) is 0.246. The summed E-state index contributed by atoms with van der Waals surface area (Å²) in [6, 6.07) is 0. The van der Waals surface area contributed by atoms with Gasteiger partial charge in [-0.2, -0.15) is 0 Å². The molecule has 0 aliphatic carbocycles. The van der Waals surface area contributed by atoms with Gasteiger partial charge in [0.05, 0.1) is 6.61 Å². The highest BCUT2D eigenvalue weighted by Gasteiger charge is 1.65. The largest absolute Gasteiger partial charge is 0.236 e. The minimum absolute atomic E-state index is 0.142. The van der Waals surface area contributed by atoms with E-state index in [0.29, 0.717) is 6.42 Å². The molecular formula is C4H5O. The van der Waals surface area contributed by atoms with E-state index < -0.39 is 0 Å². The molecule has 1 nitrogen and oxygen atoms in total. The van der Waals surface area contributed by atoms with Crippen LogP contribution in [0.3, 0.4) is 0 Å². The zero-order valence-corrected chi connectivity index (χ0v) is 2.90. The van der Waals surface area contributed by atoms with Crippen LogP contribution in [0.2, 0.25) is 0 Å². The van der Waals surface area contributed by atoms with E-state index in [1.165, 1.54) is 0 Å². The highest BCUT2D eigenvalue weighted by atomic mass is 16.2. The van der Waals surface area contributed by atoms with E-state index in [-0.39, 0.29) is 6.61 Å². The quantitative estimate of drug-likeness (QED) is 0.398. The maximum atomic E-state index is 9.39. The summed E-state index contributed by atoms with van der Waals surface area (Å²) in [6.07, 6.45) is 5.05. The first-order chi connectivity index (χ1) is 2.41. The van der Waals surface area contributed by atoms with Gasteiger partial charge in [-0.25, -0.2) is 5.11 Å². The summed E-state index contributed by atoms with van der Waals surface area (Å²) in [5, 5.41) is 9.39. The molecule has 27 valence electrons. The fraction of sp³-hybridized carbons (Fsp3) is 0.500. The Morgan fingerprint density at radius 1 is 1.80 bits per heavy atom. The van der Waals surface area contributed by atoms with Gasteiger partial charge in [-0.1, -0.05) is 0 Å². The molecule has 0 rings (SSSR count).